The van der Waals surface area contributed by atoms with Crippen LogP contribution in [0.25, 0.3) is 0 Å². The topological polar surface area (TPSA) is 48.9 Å². The lowest BCUT2D eigenvalue weighted by Crippen LogP contribution is -2.15. The molecule has 3 heteroatoms. The molecule has 0 spiro atoms. The van der Waals surface area contributed by atoms with Gasteiger partial charge in [0.15, 0.2) is 0 Å². The van der Waals surface area contributed by atoms with Crippen LogP contribution >= 0.6 is 0 Å². The SMILES string of the molecule is CCCc1cc(C(C)(C)O)n[nH]1. The maximum atomic E-state index is 9.59. The lowest BCUT2D eigenvalue weighted by atomic mass is 10.1. The van der Waals surface area contributed by atoms with Gasteiger partial charge in [-0.15, -0.1) is 0 Å². The molecule has 0 saturated heterocycles. The summed E-state index contributed by atoms with van der Waals surface area (Å²) < 4.78 is 0. The minimum absolute atomic E-state index is 0.714. The predicted octanol–water partition coefficient (Wildman–Crippen LogP) is 1.59. The van der Waals surface area contributed by atoms with E-state index in [2.05, 4.69) is 17.1 Å². The summed E-state index contributed by atoms with van der Waals surface area (Å²) >= 11 is 0. The smallest absolute Gasteiger partial charge is 0.103 e. The van der Waals surface area contributed by atoms with E-state index in [0.29, 0.717) is 5.69 Å². The molecule has 0 bridgehead atoms. The van der Waals surface area contributed by atoms with Gasteiger partial charge in [-0.2, -0.15) is 5.10 Å². The van der Waals surface area contributed by atoms with Crippen molar-refractivity contribution in [3.05, 3.63) is 17.5 Å². The van der Waals surface area contributed by atoms with Crippen molar-refractivity contribution in [2.75, 3.05) is 0 Å². The summed E-state index contributed by atoms with van der Waals surface area (Å²) in [4.78, 5) is 0. The molecule has 3 nitrogen and oxygen atoms in total. The molecule has 0 saturated carbocycles. The Kier molecular flexibility index (Phi) is 2.52. The van der Waals surface area contributed by atoms with E-state index in [1.807, 2.05) is 6.07 Å². The average Bonchev–Trinajstić information content (AvgIpc) is 2.35. The number of nitrogens with one attached hydrogen (secondary N) is 1. The third kappa shape index (κ3) is 2.08. The molecule has 0 aliphatic rings. The van der Waals surface area contributed by atoms with Crippen LogP contribution in [-0.2, 0) is 12.0 Å². The Labute approximate surface area is 72.8 Å². The summed E-state index contributed by atoms with van der Waals surface area (Å²) in [6.45, 7) is 5.59. The predicted molar refractivity (Wildman–Crippen MR) is 47.8 cm³/mol. The number of H-pyrrole nitrogens is 1. The first-order valence-electron chi connectivity index (χ1n) is 4.31. The lowest BCUT2D eigenvalue weighted by Gasteiger charge is -2.12. The molecule has 12 heavy (non-hydrogen) atoms. The van der Waals surface area contributed by atoms with Crippen LogP contribution in [0.2, 0.25) is 0 Å². The van der Waals surface area contributed by atoms with Crippen LogP contribution in [0.1, 0.15) is 38.6 Å². The van der Waals surface area contributed by atoms with E-state index < -0.39 is 5.60 Å². The number of hydrogen-bond acceptors (Lipinski definition) is 2. The highest BCUT2D eigenvalue weighted by Gasteiger charge is 2.18. The van der Waals surface area contributed by atoms with Crippen molar-refractivity contribution in [2.24, 2.45) is 0 Å². The minimum Gasteiger partial charge on any atom is -0.384 e. The first-order valence-corrected chi connectivity index (χ1v) is 4.31. The van der Waals surface area contributed by atoms with Crippen LogP contribution < -0.4 is 0 Å². The van der Waals surface area contributed by atoms with Gasteiger partial charge in [-0.25, -0.2) is 0 Å². The molecule has 1 aromatic heterocycles. The van der Waals surface area contributed by atoms with Crippen LogP contribution in [0.4, 0.5) is 0 Å². The molecule has 0 aliphatic heterocycles. The monoisotopic (exact) mass is 168 g/mol. The lowest BCUT2D eigenvalue weighted by molar-refractivity contribution is 0.0738. The first-order chi connectivity index (χ1) is 5.54. The Hall–Kier alpha value is -0.830. The fourth-order valence-corrected chi connectivity index (χ4v) is 1.07. The van der Waals surface area contributed by atoms with Gasteiger partial charge >= 0.3 is 0 Å². The van der Waals surface area contributed by atoms with E-state index in [4.69, 9.17) is 0 Å². The second-order valence-corrected chi connectivity index (χ2v) is 3.59. The van der Waals surface area contributed by atoms with Gasteiger partial charge < -0.3 is 5.11 Å². The van der Waals surface area contributed by atoms with Crippen LogP contribution in [0.15, 0.2) is 6.07 Å². The highest BCUT2D eigenvalue weighted by molar-refractivity contribution is 5.14. The van der Waals surface area contributed by atoms with Crippen molar-refractivity contribution in [1.29, 1.82) is 0 Å². The Morgan fingerprint density at radius 1 is 1.58 bits per heavy atom. The fourth-order valence-electron chi connectivity index (χ4n) is 1.07. The zero-order valence-electron chi connectivity index (χ0n) is 7.89. The van der Waals surface area contributed by atoms with Gasteiger partial charge in [0.1, 0.15) is 5.60 Å². The van der Waals surface area contributed by atoms with Crippen molar-refractivity contribution >= 4 is 0 Å². The third-order valence-electron chi connectivity index (χ3n) is 1.78. The van der Waals surface area contributed by atoms with Crippen molar-refractivity contribution in [3.8, 4) is 0 Å². The second-order valence-electron chi connectivity index (χ2n) is 3.59. The Morgan fingerprint density at radius 3 is 2.67 bits per heavy atom. The summed E-state index contributed by atoms with van der Waals surface area (Å²) in [7, 11) is 0. The molecule has 68 valence electrons. The van der Waals surface area contributed by atoms with E-state index in [1.54, 1.807) is 13.8 Å². The minimum atomic E-state index is -0.831. The first kappa shape index (κ1) is 9.26. The number of rotatable bonds is 3. The van der Waals surface area contributed by atoms with Gasteiger partial charge in [0.25, 0.3) is 0 Å². The van der Waals surface area contributed by atoms with Gasteiger partial charge in [-0.3, -0.25) is 5.10 Å². The van der Waals surface area contributed by atoms with Crippen molar-refractivity contribution in [2.45, 2.75) is 39.2 Å². The largest absolute Gasteiger partial charge is 0.384 e. The number of aryl methyl sites for hydroxylation is 1. The number of aliphatic hydroxyl groups is 1. The summed E-state index contributed by atoms with van der Waals surface area (Å²) in [5.41, 5.74) is 0.975. The molecule has 1 aromatic rings. The quantitative estimate of drug-likeness (QED) is 0.720. The van der Waals surface area contributed by atoms with Crippen molar-refractivity contribution in [1.82, 2.24) is 10.2 Å². The fraction of sp³-hybridized carbons (Fsp3) is 0.667. The van der Waals surface area contributed by atoms with Crippen molar-refractivity contribution < 1.29 is 5.11 Å². The van der Waals surface area contributed by atoms with Gasteiger partial charge in [-0.1, -0.05) is 13.3 Å². The molecule has 0 aliphatic carbocycles. The molecule has 0 aromatic carbocycles. The Morgan fingerprint density at radius 2 is 2.25 bits per heavy atom. The average molecular weight is 168 g/mol. The van der Waals surface area contributed by atoms with E-state index in [9.17, 15) is 5.11 Å². The van der Waals surface area contributed by atoms with E-state index in [-0.39, 0.29) is 0 Å². The summed E-state index contributed by atoms with van der Waals surface area (Å²) in [6.07, 6.45) is 2.08. The Balaban J connectivity index is 2.77. The van der Waals surface area contributed by atoms with Crippen molar-refractivity contribution in [3.63, 3.8) is 0 Å². The highest BCUT2D eigenvalue weighted by Crippen LogP contribution is 2.17. The zero-order valence-corrected chi connectivity index (χ0v) is 7.89. The number of aromatic amines is 1. The van der Waals surface area contributed by atoms with Crippen LogP contribution in [0.3, 0.4) is 0 Å². The molecule has 1 heterocycles. The molecular weight excluding hydrogens is 152 g/mol. The highest BCUT2D eigenvalue weighted by atomic mass is 16.3. The van der Waals surface area contributed by atoms with Crippen LogP contribution in [-0.4, -0.2) is 15.3 Å². The maximum Gasteiger partial charge on any atom is 0.103 e. The molecule has 0 amide bonds. The third-order valence-corrected chi connectivity index (χ3v) is 1.78. The van der Waals surface area contributed by atoms with E-state index in [0.717, 1.165) is 18.5 Å². The molecular formula is C9H16N2O. The van der Waals surface area contributed by atoms with Crippen LogP contribution in [0, 0.1) is 0 Å². The number of aromatic nitrogens is 2. The number of hydrogen-bond donors (Lipinski definition) is 2. The summed E-state index contributed by atoms with van der Waals surface area (Å²) in [5.74, 6) is 0. The van der Waals surface area contributed by atoms with E-state index >= 15 is 0 Å². The van der Waals surface area contributed by atoms with Crippen LogP contribution in [0.5, 0.6) is 0 Å². The molecule has 2 N–H and O–H groups in total. The normalized spacial score (nSPS) is 12.0. The molecule has 0 atom stereocenters. The Bertz CT molecular complexity index is 247. The standard InChI is InChI=1S/C9H16N2O/c1-4-5-7-6-8(11-10-7)9(2,3)12/h6,12H,4-5H2,1-3H3,(H,10,11). The van der Waals surface area contributed by atoms with Gasteiger partial charge in [-0.05, 0) is 26.3 Å². The van der Waals surface area contributed by atoms with Gasteiger partial charge in [0.2, 0.25) is 0 Å². The maximum absolute atomic E-state index is 9.59. The second kappa shape index (κ2) is 3.27. The molecule has 0 unspecified atom stereocenters. The molecule has 0 radical (unpaired) electrons. The zero-order chi connectivity index (χ0) is 9.19. The van der Waals surface area contributed by atoms with Gasteiger partial charge in [0.05, 0.1) is 5.69 Å². The van der Waals surface area contributed by atoms with Gasteiger partial charge in [0, 0.05) is 5.69 Å². The summed E-state index contributed by atoms with van der Waals surface area (Å²) in [5, 5.41) is 16.5. The van der Waals surface area contributed by atoms with E-state index in [1.165, 1.54) is 0 Å². The summed E-state index contributed by atoms with van der Waals surface area (Å²) in [6, 6.07) is 1.92. The molecule has 0 fully saturated rings. The molecule has 1 rings (SSSR count). The number of nitrogens with zero attached hydrogens (tertiary/aromatic N) is 1.